The Morgan fingerprint density at radius 2 is 1.92 bits per heavy atom. The Hall–Kier alpha value is -1.59. The Bertz CT molecular complexity index is 514. The lowest BCUT2D eigenvalue weighted by atomic mass is 10.1. The maximum Gasteiger partial charge on any atom is 0.191 e. The fourth-order valence-electron chi connectivity index (χ4n) is 2.13. The molecular formula is C19H34N4O. The smallest absolute Gasteiger partial charge is 0.191 e. The van der Waals surface area contributed by atoms with E-state index in [-0.39, 0.29) is 5.60 Å². The first-order chi connectivity index (χ1) is 11.4. The number of aliphatic imine (C=N–C) groups is 1. The first kappa shape index (κ1) is 20.5. The van der Waals surface area contributed by atoms with Crippen LogP contribution >= 0.6 is 0 Å². The van der Waals surface area contributed by atoms with Crippen molar-refractivity contribution < 1.29 is 4.74 Å². The average molecular weight is 335 g/mol. The van der Waals surface area contributed by atoms with Crippen LogP contribution in [-0.4, -0.2) is 50.3 Å². The molecule has 1 rings (SSSR count). The van der Waals surface area contributed by atoms with Gasteiger partial charge in [-0.15, -0.1) is 0 Å². The second-order valence-electron chi connectivity index (χ2n) is 6.66. The van der Waals surface area contributed by atoms with Crippen LogP contribution in [0.3, 0.4) is 0 Å². The largest absolute Gasteiger partial charge is 0.377 e. The first-order valence-corrected chi connectivity index (χ1v) is 8.74. The number of nitrogens with one attached hydrogen (secondary N) is 2. The van der Waals surface area contributed by atoms with Gasteiger partial charge in [-0.3, -0.25) is 0 Å². The topological polar surface area (TPSA) is 48.9 Å². The molecule has 5 heteroatoms. The van der Waals surface area contributed by atoms with Gasteiger partial charge in [-0.05, 0) is 45.5 Å². The number of rotatable bonds is 9. The zero-order chi connectivity index (χ0) is 18.0. The second kappa shape index (κ2) is 10.3. The molecule has 1 aromatic rings. The minimum atomic E-state index is -0.221. The van der Waals surface area contributed by atoms with E-state index in [9.17, 15) is 0 Å². The number of guanidine groups is 1. The van der Waals surface area contributed by atoms with Crippen LogP contribution in [0.1, 0.15) is 38.8 Å². The summed E-state index contributed by atoms with van der Waals surface area (Å²) in [6.45, 7) is 12.6. The monoisotopic (exact) mass is 334 g/mol. The molecule has 0 aliphatic carbocycles. The fourth-order valence-corrected chi connectivity index (χ4v) is 2.13. The van der Waals surface area contributed by atoms with Gasteiger partial charge in [-0.1, -0.05) is 31.2 Å². The fraction of sp³-hybridized carbons (Fsp3) is 0.632. The highest BCUT2D eigenvalue weighted by molar-refractivity contribution is 5.79. The van der Waals surface area contributed by atoms with E-state index in [2.05, 4.69) is 79.5 Å². The highest BCUT2D eigenvalue weighted by Gasteiger charge is 2.16. The predicted octanol–water partition coefficient (Wildman–Crippen LogP) is 2.62. The number of ether oxygens (including phenoxy) is 1. The van der Waals surface area contributed by atoms with E-state index in [4.69, 9.17) is 4.74 Å². The van der Waals surface area contributed by atoms with Crippen molar-refractivity contribution in [2.24, 2.45) is 4.99 Å². The van der Waals surface area contributed by atoms with Crippen LogP contribution in [0, 0.1) is 0 Å². The predicted molar refractivity (Wildman–Crippen MR) is 102 cm³/mol. The van der Waals surface area contributed by atoms with Crippen LogP contribution in [-0.2, 0) is 17.8 Å². The highest BCUT2D eigenvalue weighted by Crippen LogP contribution is 2.09. The Balaban J connectivity index is 2.70. The Kier molecular flexibility index (Phi) is 8.79. The molecule has 0 amide bonds. The maximum absolute atomic E-state index is 5.44. The van der Waals surface area contributed by atoms with Gasteiger partial charge in [0, 0.05) is 26.7 Å². The summed E-state index contributed by atoms with van der Waals surface area (Å²) in [5.74, 6) is 0.818. The van der Waals surface area contributed by atoms with E-state index < -0.39 is 0 Å². The molecule has 0 atom stereocenters. The number of benzene rings is 1. The van der Waals surface area contributed by atoms with Gasteiger partial charge in [-0.2, -0.15) is 0 Å². The zero-order valence-corrected chi connectivity index (χ0v) is 16.1. The van der Waals surface area contributed by atoms with Crippen LogP contribution in [0.5, 0.6) is 0 Å². The lowest BCUT2D eigenvalue weighted by molar-refractivity contribution is 0.0268. The van der Waals surface area contributed by atoms with Crippen LogP contribution < -0.4 is 10.6 Å². The van der Waals surface area contributed by atoms with Gasteiger partial charge in [0.15, 0.2) is 5.96 Å². The second-order valence-corrected chi connectivity index (χ2v) is 6.66. The van der Waals surface area contributed by atoms with E-state index in [0.717, 1.165) is 25.6 Å². The van der Waals surface area contributed by atoms with Gasteiger partial charge in [-0.25, -0.2) is 4.99 Å². The minimum absolute atomic E-state index is 0.221. The molecule has 0 aromatic heterocycles. The zero-order valence-electron chi connectivity index (χ0n) is 16.1. The lowest BCUT2D eigenvalue weighted by Gasteiger charge is -2.24. The summed E-state index contributed by atoms with van der Waals surface area (Å²) in [5, 5.41) is 6.62. The van der Waals surface area contributed by atoms with Crippen molar-refractivity contribution in [3.63, 3.8) is 0 Å². The molecule has 136 valence electrons. The summed E-state index contributed by atoms with van der Waals surface area (Å²) >= 11 is 0. The summed E-state index contributed by atoms with van der Waals surface area (Å²) in [6.07, 6.45) is 0. The van der Waals surface area contributed by atoms with Gasteiger partial charge >= 0.3 is 0 Å². The molecule has 5 nitrogen and oxygen atoms in total. The quantitative estimate of drug-likeness (QED) is 0.538. The van der Waals surface area contributed by atoms with E-state index in [1.54, 1.807) is 7.11 Å². The van der Waals surface area contributed by atoms with Crippen LogP contribution in [0.25, 0.3) is 0 Å². The average Bonchev–Trinajstić information content (AvgIpc) is 2.57. The number of methoxy groups -OCH3 is 1. The van der Waals surface area contributed by atoms with E-state index in [0.29, 0.717) is 13.1 Å². The molecule has 0 radical (unpaired) electrons. The van der Waals surface area contributed by atoms with E-state index in [1.807, 2.05) is 0 Å². The molecule has 0 unspecified atom stereocenters. The van der Waals surface area contributed by atoms with Crippen molar-refractivity contribution in [1.82, 2.24) is 15.5 Å². The van der Waals surface area contributed by atoms with Gasteiger partial charge in [0.2, 0.25) is 0 Å². The summed E-state index contributed by atoms with van der Waals surface area (Å²) in [6, 6.07) is 8.64. The summed E-state index contributed by atoms with van der Waals surface area (Å²) in [4.78, 5) is 6.98. The molecule has 2 N–H and O–H groups in total. The molecule has 0 aliphatic heterocycles. The van der Waals surface area contributed by atoms with Crippen molar-refractivity contribution in [3.05, 3.63) is 35.4 Å². The molecule has 0 fully saturated rings. The van der Waals surface area contributed by atoms with E-state index in [1.165, 1.54) is 11.1 Å². The lowest BCUT2D eigenvalue weighted by Crippen LogP contribution is -2.45. The Morgan fingerprint density at radius 3 is 2.54 bits per heavy atom. The molecule has 1 aromatic carbocycles. The number of nitrogens with zero attached hydrogens (tertiary/aromatic N) is 2. The summed E-state index contributed by atoms with van der Waals surface area (Å²) in [7, 11) is 3.86. The standard InChI is InChI=1S/C19H34N4O/c1-7-20-18(22-15-19(3,4)24-6)21-13-16-10-9-11-17(12-16)14-23(5)8-2/h9-12H,7-8,13-15H2,1-6H3,(H2,20,21,22). The van der Waals surface area contributed by atoms with Crippen LogP contribution in [0.2, 0.25) is 0 Å². The molecule has 0 spiro atoms. The molecule has 0 heterocycles. The summed E-state index contributed by atoms with van der Waals surface area (Å²) < 4.78 is 5.44. The molecule has 24 heavy (non-hydrogen) atoms. The number of hydrogen-bond acceptors (Lipinski definition) is 3. The van der Waals surface area contributed by atoms with Crippen LogP contribution in [0.4, 0.5) is 0 Å². The van der Waals surface area contributed by atoms with Crippen molar-refractivity contribution in [2.75, 3.05) is 33.8 Å². The van der Waals surface area contributed by atoms with Crippen LogP contribution in [0.15, 0.2) is 29.3 Å². The van der Waals surface area contributed by atoms with Gasteiger partial charge in [0.05, 0.1) is 12.1 Å². The van der Waals surface area contributed by atoms with Crippen molar-refractivity contribution in [3.8, 4) is 0 Å². The van der Waals surface area contributed by atoms with Crippen molar-refractivity contribution >= 4 is 5.96 Å². The van der Waals surface area contributed by atoms with Crippen molar-refractivity contribution in [2.45, 2.75) is 46.4 Å². The van der Waals surface area contributed by atoms with Gasteiger partial charge in [0.25, 0.3) is 0 Å². The minimum Gasteiger partial charge on any atom is -0.377 e. The molecular weight excluding hydrogens is 300 g/mol. The molecule has 0 aliphatic rings. The van der Waals surface area contributed by atoms with E-state index >= 15 is 0 Å². The van der Waals surface area contributed by atoms with Gasteiger partial charge in [0.1, 0.15) is 0 Å². The normalized spacial score (nSPS) is 12.5. The maximum atomic E-state index is 5.44. The molecule has 0 bridgehead atoms. The molecule has 0 saturated heterocycles. The third-order valence-corrected chi connectivity index (χ3v) is 3.98. The highest BCUT2D eigenvalue weighted by atomic mass is 16.5. The SMILES string of the molecule is CCNC(=NCc1cccc(CN(C)CC)c1)NCC(C)(C)OC. The first-order valence-electron chi connectivity index (χ1n) is 8.74. The Labute approximate surface area is 147 Å². The van der Waals surface area contributed by atoms with Gasteiger partial charge < -0.3 is 20.3 Å². The third kappa shape index (κ3) is 7.79. The third-order valence-electron chi connectivity index (χ3n) is 3.98. The molecule has 0 saturated carbocycles. The Morgan fingerprint density at radius 1 is 1.21 bits per heavy atom. The summed E-state index contributed by atoms with van der Waals surface area (Å²) in [5.41, 5.74) is 2.33. The van der Waals surface area contributed by atoms with Crippen molar-refractivity contribution in [1.29, 1.82) is 0 Å². The number of hydrogen-bond donors (Lipinski definition) is 2.